The number of carbonyl (C=O) groups excluding carboxylic acids is 1. The van der Waals surface area contributed by atoms with E-state index in [2.05, 4.69) is 22.8 Å². The Kier molecular flexibility index (Phi) is 3.46. The topological polar surface area (TPSA) is 41.1 Å². The first kappa shape index (κ1) is 11.9. The first-order chi connectivity index (χ1) is 8.81. The molecule has 0 unspecified atom stereocenters. The van der Waals surface area contributed by atoms with Gasteiger partial charge in [-0.1, -0.05) is 0 Å². The maximum absolute atomic E-state index is 11.3. The Morgan fingerprint density at radius 2 is 2.06 bits per heavy atom. The third kappa shape index (κ3) is 2.64. The molecule has 96 valence electrons. The Morgan fingerprint density at radius 1 is 1.22 bits per heavy atom. The summed E-state index contributed by atoms with van der Waals surface area (Å²) in [5.41, 5.74) is 3.43. The lowest BCUT2D eigenvalue weighted by atomic mass is 10.0. The third-order valence-corrected chi connectivity index (χ3v) is 4.64. The predicted octanol–water partition coefficient (Wildman–Crippen LogP) is 2.88. The Morgan fingerprint density at radius 3 is 2.89 bits per heavy atom. The van der Waals surface area contributed by atoms with Crippen LogP contribution in [-0.4, -0.2) is 23.5 Å². The summed E-state index contributed by atoms with van der Waals surface area (Å²) in [6.07, 6.45) is 3.96. The average molecular weight is 262 g/mol. The smallest absolute Gasteiger partial charge is 0.224 e. The van der Waals surface area contributed by atoms with Gasteiger partial charge in [0.2, 0.25) is 5.91 Å². The van der Waals surface area contributed by atoms with E-state index in [1.165, 1.54) is 35.6 Å². The first-order valence-electron chi connectivity index (χ1n) is 6.58. The number of nitrogens with one attached hydrogen (secondary N) is 2. The van der Waals surface area contributed by atoms with Crippen molar-refractivity contribution in [2.75, 3.05) is 22.1 Å². The minimum atomic E-state index is 0.132. The fourth-order valence-corrected chi connectivity index (χ4v) is 3.66. The minimum Gasteiger partial charge on any atom is -0.382 e. The highest BCUT2D eigenvalue weighted by Gasteiger charge is 2.17. The van der Waals surface area contributed by atoms with Crippen LogP contribution in [0.5, 0.6) is 0 Å². The summed E-state index contributed by atoms with van der Waals surface area (Å²) in [5.74, 6) is 2.66. The Labute approximate surface area is 112 Å². The van der Waals surface area contributed by atoms with Crippen LogP contribution < -0.4 is 10.6 Å². The van der Waals surface area contributed by atoms with Gasteiger partial charge in [0.1, 0.15) is 0 Å². The van der Waals surface area contributed by atoms with Gasteiger partial charge in [0.05, 0.1) is 0 Å². The lowest BCUT2D eigenvalue weighted by Gasteiger charge is -2.25. The number of hydrogen-bond acceptors (Lipinski definition) is 3. The molecule has 0 atom stereocenters. The Hall–Kier alpha value is -1.16. The fraction of sp³-hybridized carbons (Fsp3) is 0.500. The zero-order valence-corrected chi connectivity index (χ0v) is 11.2. The normalized spacial score (nSPS) is 20.1. The highest BCUT2D eigenvalue weighted by Crippen LogP contribution is 2.27. The van der Waals surface area contributed by atoms with Gasteiger partial charge in [-0.15, -0.1) is 0 Å². The molecule has 0 spiro atoms. The number of anilines is 2. The third-order valence-electron chi connectivity index (χ3n) is 3.59. The molecule has 1 amide bonds. The van der Waals surface area contributed by atoms with Crippen LogP contribution in [0.2, 0.25) is 0 Å². The second kappa shape index (κ2) is 5.22. The zero-order valence-electron chi connectivity index (χ0n) is 10.4. The summed E-state index contributed by atoms with van der Waals surface area (Å²) in [5, 5.41) is 6.54. The molecule has 0 bridgehead atoms. The average Bonchev–Trinajstić information content (AvgIpc) is 2.40. The number of benzene rings is 1. The quantitative estimate of drug-likeness (QED) is 0.861. The summed E-state index contributed by atoms with van der Waals surface area (Å²) in [6.45, 7) is 0. The van der Waals surface area contributed by atoms with E-state index in [0.29, 0.717) is 12.5 Å². The first-order valence-corrected chi connectivity index (χ1v) is 7.74. The van der Waals surface area contributed by atoms with Crippen molar-refractivity contribution in [1.29, 1.82) is 0 Å². The van der Waals surface area contributed by atoms with E-state index >= 15 is 0 Å². The van der Waals surface area contributed by atoms with Crippen LogP contribution >= 0.6 is 11.8 Å². The van der Waals surface area contributed by atoms with Crippen LogP contribution in [0.25, 0.3) is 0 Å². The number of amides is 1. The summed E-state index contributed by atoms with van der Waals surface area (Å²) in [6, 6.07) is 6.90. The standard InChI is InChI=1S/C14H18N2OS/c17-14-4-1-10-9-12(2-3-13(10)16-14)15-11-5-7-18-8-6-11/h2-3,9,11,15H,1,4-8H2,(H,16,17). The van der Waals surface area contributed by atoms with E-state index < -0.39 is 0 Å². The van der Waals surface area contributed by atoms with E-state index in [1.54, 1.807) is 0 Å². The van der Waals surface area contributed by atoms with Gasteiger partial charge in [-0.2, -0.15) is 11.8 Å². The molecular weight excluding hydrogens is 244 g/mol. The Balaban J connectivity index is 1.71. The predicted molar refractivity (Wildman–Crippen MR) is 77.4 cm³/mol. The maximum Gasteiger partial charge on any atom is 0.224 e. The molecule has 4 heteroatoms. The lowest BCUT2D eigenvalue weighted by Crippen LogP contribution is -2.25. The molecule has 1 fully saturated rings. The van der Waals surface area contributed by atoms with Crippen LogP contribution in [-0.2, 0) is 11.2 Å². The number of thioether (sulfide) groups is 1. The largest absolute Gasteiger partial charge is 0.382 e. The van der Waals surface area contributed by atoms with Gasteiger partial charge in [0.15, 0.2) is 0 Å². The van der Waals surface area contributed by atoms with E-state index in [0.717, 1.165) is 12.1 Å². The van der Waals surface area contributed by atoms with Crippen molar-refractivity contribution < 1.29 is 4.79 Å². The number of rotatable bonds is 2. The van der Waals surface area contributed by atoms with Crippen molar-refractivity contribution in [3.63, 3.8) is 0 Å². The van der Waals surface area contributed by atoms with E-state index in [-0.39, 0.29) is 5.91 Å². The summed E-state index contributed by atoms with van der Waals surface area (Å²) >= 11 is 2.04. The highest BCUT2D eigenvalue weighted by atomic mass is 32.2. The number of carbonyl (C=O) groups is 1. The van der Waals surface area contributed by atoms with Crippen molar-refractivity contribution >= 4 is 29.0 Å². The summed E-state index contributed by atoms with van der Waals surface area (Å²) in [7, 11) is 0. The van der Waals surface area contributed by atoms with Crippen molar-refractivity contribution in [1.82, 2.24) is 0 Å². The molecule has 1 saturated heterocycles. The molecule has 2 aliphatic heterocycles. The van der Waals surface area contributed by atoms with Crippen LogP contribution in [0, 0.1) is 0 Å². The van der Waals surface area contributed by atoms with Gasteiger partial charge in [-0.25, -0.2) is 0 Å². The molecule has 0 radical (unpaired) electrons. The minimum absolute atomic E-state index is 0.132. The summed E-state index contributed by atoms with van der Waals surface area (Å²) < 4.78 is 0. The molecule has 2 N–H and O–H groups in total. The molecule has 2 aliphatic rings. The number of fused-ring (bicyclic) bond motifs is 1. The Bertz CT molecular complexity index is 455. The molecule has 0 aliphatic carbocycles. The van der Waals surface area contributed by atoms with Crippen molar-refractivity contribution in [3.8, 4) is 0 Å². The zero-order chi connectivity index (χ0) is 12.4. The number of aryl methyl sites for hydroxylation is 1. The van der Waals surface area contributed by atoms with Gasteiger partial charge in [-0.3, -0.25) is 4.79 Å². The van der Waals surface area contributed by atoms with Gasteiger partial charge < -0.3 is 10.6 Å². The molecule has 0 aromatic heterocycles. The van der Waals surface area contributed by atoms with E-state index in [1.807, 2.05) is 17.8 Å². The SMILES string of the molecule is O=C1CCc2cc(NC3CCSCC3)ccc2N1. The maximum atomic E-state index is 11.3. The van der Waals surface area contributed by atoms with Gasteiger partial charge in [-0.05, 0) is 54.5 Å². The lowest BCUT2D eigenvalue weighted by molar-refractivity contribution is -0.116. The second-order valence-electron chi connectivity index (χ2n) is 4.95. The molecule has 0 saturated carbocycles. The van der Waals surface area contributed by atoms with Gasteiger partial charge in [0.25, 0.3) is 0 Å². The summed E-state index contributed by atoms with van der Waals surface area (Å²) in [4.78, 5) is 11.3. The monoisotopic (exact) mass is 262 g/mol. The molecule has 3 nitrogen and oxygen atoms in total. The van der Waals surface area contributed by atoms with E-state index in [9.17, 15) is 4.79 Å². The fourth-order valence-electron chi connectivity index (χ4n) is 2.55. The van der Waals surface area contributed by atoms with Crippen LogP contribution in [0.15, 0.2) is 18.2 Å². The highest BCUT2D eigenvalue weighted by molar-refractivity contribution is 7.99. The van der Waals surface area contributed by atoms with Crippen LogP contribution in [0.1, 0.15) is 24.8 Å². The molecule has 18 heavy (non-hydrogen) atoms. The van der Waals surface area contributed by atoms with Gasteiger partial charge >= 0.3 is 0 Å². The van der Waals surface area contributed by atoms with Crippen LogP contribution in [0.4, 0.5) is 11.4 Å². The van der Waals surface area contributed by atoms with E-state index in [4.69, 9.17) is 0 Å². The number of hydrogen-bond donors (Lipinski definition) is 2. The molecule has 2 heterocycles. The molecule has 1 aromatic rings. The van der Waals surface area contributed by atoms with Crippen LogP contribution in [0.3, 0.4) is 0 Å². The van der Waals surface area contributed by atoms with Crippen molar-refractivity contribution in [3.05, 3.63) is 23.8 Å². The van der Waals surface area contributed by atoms with Crippen molar-refractivity contribution in [2.45, 2.75) is 31.7 Å². The molecular formula is C14H18N2OS. The van der Waals surface area contributed by atoms with Crippen molar-refractivity contribution in [2.24, 2.45) is 0 Å². The van der Waals surface area contributed by atoms with Gasteiger partial charge in [0, 0.05) is 23.8 Å². The second-order valence-corrected chi connectivity index (χ2v) is 6.18. The molecule has 1 aromatic carbocycles. The molecule has 3 rings (SSSR count).